The van der Waals surface area contributed by atoms with Crippen molar-refractivity contribution in [2.45, 2.75) is 49.3 Å². The van der Waals surface area contributed by atoms with E-state index in [0.29, 0.717) is 12.0 Å². The summed E-state index contributed by atoms with van der Waals surface area (Å²) in [5.74, 6) is -1.06. The van der Waals surface area contributed by atoms with Crippen LogP contribution in [-0.2, 0) is 22.8 Å². The summed E-state index contributed by atoms with van der Waals surface area (Å²) in [6.07, 6.45) is -1.96. The van der Waals surface area contributed by atoms with Gasteiger partial charge in [0.05, 0.1) is 50.2 Å². The molecule has 0 amide bonds. The number of fused-ring (bicyclic) bond motifs is 4. The highest BCUT2D eigenvalue weighted by atomic mass is 35.5. The molecule has 0 radical (unpaired) electrons. The average molecular weight is 807 g/mol. The minimum atomic E-state index is -5.42. The number of rotatable bonds is 11. The average Bonchev–Trinajstić information content (AvgIpc) is 3.23. The lowest BCUT2D eigenvalue weighted by molar-refractivity contribution is -0.0584. The Balaban J connectivity index is 1.12. The SMILES string of the molecule is C=C1C[C@@H]2[C@@H](n3cnc4c(NO[C@H]5[C@H](n6cnc7c(N)nc(Cl)nc76)[C@H]6C[C@@]6(COP(=O)(O)OP(=O)(O)O)[C@H]5O)nc(Cl)nc43)[C@H](O)[C@H](O)[C@]12CO. The van der Waals surface area contributed by atoms with Crippen molar-refractivity contribution in [1.29, 1.82) is 0 Å². The largest absolute Gasteiger partial charge is 0.481 e. The third kappa shape index (κ3) is 5.32. The monoisotopic (exact) mass is 806 g/mol. The first-order valence-electron chi connectivity index (χ1n) is 15.5. The van der Waals surface area contributed by atoms with Gasteiger partial charge >= 0.3 is 15.6 Å². The van der Waals surface area contributed by atoms with Crippen molar-refractivity contribution in [3.05, 3.63) is 35.4 Å². The molecule has 11 atom stereocenters. The summed E-state index contributed by atoms with van der Waals surface area (Å²) in [4.78, 5) is 59.5. The number of anilines is 2. The second-order valence-corrected chi connectivity index (χ2v) is 16.9. The summed E-state index contributed by atoms with van der Waals surface area (Å²) >= 11 is 12.4. The van der Waals surface area contributed by atoms with Crippen molar-refractivity contribution in [2.24, 2.45) is 22.7 Å². The summed E-state index contributed by atoms with van der Waals surface area (Å²) in [7, 11) is -10.7. The smallest absolute Gasteiger partial charge is 0.395 e. The van der Waals surface area contributed by atoms with Crippen LogP contribution >= 0.6 is 38.8 Å². The van der Waals surface area contributed by atoms with Gasteiger partial charge in [0.25, 0.3) is 0 Å². The topological polar surface area (TPSA) is 329 Å². The molecule has 280 valence electrons. The number of aliphatic hydroxyl groups excluding tert-OH is 4. The Morgan fingerprint density at radius 3 is 2.23 bits per heavy atom. The quantitative estimate of drug-likeness (QED) is 0.0424. The van der Waals surface area contributed by atoms with Crippen molar-refractivity contribution in [1.82, 2.24) is 39.0 Å². The van der Waals surface area contributed by atoms with E-state index in [9.17, 15) is 34.4 Å². The number of hydrogen-bond donors (Lipinski definition) is 9. The Morgan fingerprint density at radius 1 is 0.962 bits per heavy atom. The Labute approximate surface area is 301 Å². The molecule has 4 aromatic rings. The second kappa shape index (κ2) is 12.0. The van der Waals surface area contributed by atoms with Crippen LogP contribution in [-0.4, -0.2) is 112 Å². The molecular weight excluding hydrogens is 777 g/mol. The molecule has 0 saturated heterocycles. The maximum absolute atomic E-state index is 12.3. The third-order valence-electron chi connectivity index (χ3n) is 10.9. The van der Waals surface area contributed by atoms with Crippen LogP contribution in [0.2, 0.25) is 10.6 Å². The highest BCUT2D eigenvalue weighted by Crippen LogP contribution is 2.70. The van der Waals surface area contributed by atoms with Gasteiger partial charge in [-0.2, -0.15) is 24.2 Å². The predicted molar refractivity (Wildman–Crippen MR) is 176 cm³/mol. The zero-order valence-corrected chi connectivity index (χ0v) is 29.6. The number of aliphatic hydroxyl groups is 4. The van der Waals surface area contributed by atoms with Gasteiger partial charge in [-0.15, -0.1) is 0 Å². The summed E-state index contributed by atoms with van der Waals surface area (Å²) in [5, 5.41) is 43.5. The van der Waals surface area contributed by atoms with Gasteiger partial charge in [0.1, 0.15) is 17.7 Å². The number of hydrogen-bond acceptors (Lipinski definition) is 17. The highest BCUT2D eigenvalue weighted by Gasteiger charge is 2.73. The molecule has 8 rings (SSSR count). The van der Waals surface area contributed by atoms with E-state index in [4.69, 9.17) is 48.1 Å². The molecule has 22 nitrogen and oxygen atoms in total. The number of phosphoric ester groups is 1. The van der Waals surface area contributed by atoms with E-state index in [0.717, 1.165) is 0 Å². The van der Waals surface area contributed by atoms with Crippen LogP contribution < -0.4 is 11.2 Å². The van der Waals surface area contributed by atoms with Crippen molar-refractivity contribution < 1.29 is 57.9 Å². The lowest BCUT2D eigenvalue weighted by Gasteiger charge is -2.49. The zero-order chi connectivity index (χ0) is 37.3. The number of nitrogens with zero attached hydrogens (tertiary/aromatic N) is 8. The van der Waals surface area contributed by atoms with E-state index in [1.165, 1.54) is 21.8 Å². The fourth-order valence-corrected chi connectivity index (χ4v) is 10.5. The van der Waals surface area contributed by atoms with E-state index in [1.807, 2.05) is 0 Å². The van der Waals surface area contributed by atoms with Gasteiger partial charge in [-0.3, -0.25) is 9.36 Å². The van der Waals surface area contributed by atoms with Gasteiger partial charge in [-0.05, 0) is 42.0 Å². The molecule has 10 N–H and O–H groups in total. The first-order chi connectivity index (χ1) is 24.4. The van der Waals surface area contributed by atoms with Gasteiger partial charge in [-0.25, -0.2) is 24.6 Å². The highest BCUT2D eigenvalue weighted by molar-refractivity contribution is 7.60. The molecule has 0 aromatic carbocycles. The van der Waals surface area contributed by atoms with Crippen molar-refractivity contribution in [3.8, 4) is 0 Å². The fraction of sp³-hybridized carbons (Fsp3) is 0.538. The van der Waals surface area contributed by atoms with Crippen LogP contribution in [0, 0.1) is 22.7 Å². The first-order valence-corrected chi connectivity index (χ1v) is 19.3. The molecule has 0 aliphatic heterocycles. The number of phosphoric acid groups is 2. The Hall–Kier alpha value is -2.92. The number of imidazole rings is 2. The number of nitrogen functional groups attached to an aromatic ring is 1. The first kappa shape index (κ1) is 36.1. The maximum atomic E-state index is 12.3. The molecule has 0 bridgehead atoms. The van der Waals surface area contributed by atoms with Crippen molar-refractivity contribution >= 4 is 72.8 Å². The molecule has 4 aliphatic rings. The molecule has 26 heteroatoms. The normalized spacial score (nSPS) is 35.1. The molecular formula is C26H30Cl2N10O12P2. The Kier molecular flexibility index (Phi) is 8.35. The van der Waals surface area contributed by atoms with Crippen LogP contribution in [0.15, 0.2) is 24.8 Å². The van der Waals surface area contributed by atoms with Gasteiger partial charge in [-0.1, -0.05) is 12.2 Å². The number of nitrogens with one attached hydrogen (secondary N) is 1. The fourth-order valence-electron chi connectivity index (χ4n) is 8.46. The third-order valence-corrected chi connectivity index (χ3v) is 13.4. The van der Waals surface area contributed by atoms with E-state index in [2.05, 4.69) is 46.3 Å². The lowest BCUT2D eigenvalue weighted by Crippen LogP contribution is -2.50. The van der Waals surface area contributed by atoms with Crippen molar-refractivity contribution in [3.63, 3.8) is 0 Å². The van der Waals surface area contributed by atoms with Crippen LogP contribution in [0.3, 0.4) is 0 Å². The van der Waals surface area contributed by atoms with E-state index in [-0.39, 0.29) is 51.0 Å². The minimum absolute atomic E-state index is 0.0277. The van der Waals surface area contributed by atoms with E-state index in [1.54, 1.807) is 0 Å². The lowest BCUT2D eigenvalue weighted by atomic mass is 9.57. The Bertz CT molecular complexity index is 2240. The van der Waals surface area contributed by atoms with Gasteiger partial charge < -0.3 is 50.0 Å². The number of halogens is 2. The Morgan fingerprint density at radius 2 is 1.60 bits per heavy atom. The van der Waals surface area contributed by atoms with Gasteiger partial charge in [0, 0.05) is 16.7 Å². The molecule has 4 aliphatic carbocycles. The molecule has 1 unspecified atom stereocenters. The van der Waals surface area contributed by atoms with E-state index >= 15 is 0 Å². The minimum Gasteiger partial charge on any atom is -0.395 e. The molecule has 4 heterocycles. The molecule has 4 saturated carbocycles. The molecule has 0 spiro atoms. The zero-order valence-electron chi connectivity index (χ0n) is 26.3. The number of aromatic nitrogens is 8. The van der Waals surface area contributed by atoms with Crippen LogP contribution in [0.5, 0.6) is 0 Å². The van der Waals surface area contributed by atoms with E-state index < -0.39 is 88.0 Å². The van der Waals surface area contributed by atoms with Crippen LogP contribution in [0.25, 0.3) is 22.3 Å². The van der Waals surface area contributed by atoms with Crippen molar-refractivity contribution in [2.75, 3.05) is 24.4 Å². The molecule has 4 aromatic heterocycles. The second-order valence-electron chi connectivity index (χ2n) is 13.4. The van der Waals surface area contributed by atoms with Crippen LogP contribution in [0.4, 0.5) is 11.6 Å². The summed E-state index contributed by atoms with van der Waals surface area (Å²) in [6.45, 7) is 2.86. The summed E-state index contributed by atoms with van der Waals surface area (Å²) in [5.41, 5.74) is 7.54. The van der Waals surface area contributed by atoms with Gasteiger partial charge in [0.2, 0.25) is 10.6 Å². The standard InChI is InChI=1S/C26H30Cl2N10O12P2/c1-8-2-9-13(15(40)17(41)26(8,9)4-39)37-7-31-12-20(33-24(28)35-22(12)37)36-49-16-14(38-6-30-11-19(29)32-23(27)34-21(11)38)10-3-25(10,18(16)42)5-48-52(46,47)50-51(43,44)45/h6-7,9-10,13-18,39-42H,1-5H2,(H,46,47)(H2,29,32,34)(H,33,35,36)(H2,43,44,45)/t9-,10-,13-,14-,15+,16+,17+,18+,25+,26-/m1/s1. The summed E-state index contributed by atoms with van der Waals surface area (Å²) in [6, 6.07) is -1.61. The molecule has 4 fully saturated rings. The number of nitrogens with two attached hydrogens (primary N) is 1. The molecule has 52 heavy (non-hydrogen) atoms. The van der Waals surface area contributed by atoms with Crippen LogP contribution in [0.1, 0.15) is 24.9 Å². The summed E-state index contributed by atoms with van der Waals surface area (Å²) < 4.78 is 35.5. The predicted octanol–water partition coefficient (Wildman–Crippen LogP) is 0.247. The van der Waals surface area contributed by atoms with Gasteiger partial charge in [0.15, 0.2) is 28.4 Å². The maximum Gasteiger partial charge on any atom is 0.481 e.